The van der Waals surface area contributed by atoms with Crippen LogP contribution in [0, 0.1) is 0 Å². The van der Waals surface area contributed by atoms with E-state index in [9.17, 15) is 0 Å². The fourth-order valence-electron chi connectivity index (χ4n) is 6.34. The summed E-state index contributed by atoms with van der Waals surface area (Å²) in [5.74, 6) is 0.698. The molecule has 3 aliphatic rings. The molecule has 0 amide bonds. The van der Waals surface area contributed by atoms with Gasteiger partial charge in [-0.05, 0) is 0 Å². The Morgan fingerprint density at radius 1 is 0.714 bits per heavy atom. The molecule has 0 radical (unpaired) electrons. The molecule has 6 bridgehead atoms. The minimum absolute atomic E-state index is 0.322. The van der Waals surface area contributed by atoms with Gasteiger partial charge in [0.2, 0.25) is 0 Å². The first kappa shape index (κ1) is 22.3. The molecule has 0 aromatic heterocycles. The summed E-state index contributed by atoms with van der Waals surface area (Å²) < 4.78 is 9.91. The minimum atomic E-state index is -3.04. The summed E-state index contributed by atoms with van der Waals surface area (Å²) in [7, 11) is 0. The molecule has 2 aliphatic carbocycles. The van der Waals surface area contributed by atoms with E-state index in [1.807, 2.05) is 11.8 Å². The average Bonchev–Trinajstić information content (AvgIpc) is 3.47. The van der Waals surface area contributed by atoms with Crippen LogP contribution < -0.4 is 0 Å². The molecular formula is C32H25BrSZr. The molecule has 2 atom stereocenters. The van der Waals surface area contributed by atoms with E-state index in [1.54, 1.807) is 6.56 Å². The fourth-order valence-corrected chi connectivity index (χ4v) is 16.4. The van der Waals surface area contributed by atoms with Gasteiger partial charge in [0, 0.05) is 0 Å². The normalized spacial score (nSPS) is 19.5. The second kappa shape index (κ2) is 8.30. The zero-order valence-corrected chi connectivity index (χ0v) is 24.6. The van der Waals surface area contributed by atoms with Gasteiger partial charge in [-0.15, -0.1) is 0 Å². The van der Waals surface area contributed by atoms with Gasteiger partial charge in [-0.2, -0.15) is 0 Å². The molecular weight excluding hydrogens is 588 g/mol. The summed E-state index contributed by atoms with van der Waals surface area (Å²) in [5, 5.41) is 0. The molecule has 170 valence electrons. The van der Waals surface area contributed by atoms with Gasteiger partial charge < -0.3 is 0 Å². The Hall–Kier alpha value is -1.93. The Balaban J connectivity index is 1.43. The third-order valence-electron chi connectivity index (χ3n) is 8.01. The van der Waals surface area contributed by atoms with Crippen LogP contribution in [-0.4, -0.2) is 0 Å². The molecule has 0 fully saturated rings. The average molecular weight is 613 g/mol. The molecule has 0 nitrogen and oxygen atoms in total. The van der Waals surface area contributed by atoms with Crippen LogP contribution in [0.1, 0.15) is 45.2 Å². The van der Waals surface area contributed by atoms with E-state index in [-0.39, 0.29) is 0 Å². The molecule has 0 spiro atoms. The van der Waals surface area contributed by atoms with Gasteiger partial charge in [-0.3, -0.25) is 0 Å². The van der Waals surface area contributed by atoms with Crippen LogP contribution in [0.2, 0.25) is 9.26 Å². The molecule has 0 saturated carbocycles. The van der Waals surface area contributed by atoms with Crippen LogP contribution in [0.4, 0.5) is 0 Å². The summed E-state index contributed by atoms with van der Waals surface area (Å²) in [5.41, 5.74) is 8.64. The van der Waals surface area contributed by atoms with E-state index >= 15 is 0 Å². The van der Waals surface area contributed by atoms with Crippen LogP contribution >= 0.6 is 27.7 Å². The van der Waals surface area contributed by atoms with Gasteiger partial charge in [0.1, 0.15) is 0 Å². The molecule has 0 N–H and O–H groups in total. The summed E-state index contributed by atoms with van der Waals surface area (Å²) >= 11 is 2.80. The van der Waals surface area contributed by atoms with E-state index in [0.717, 1.165) is 0 Å². The second-order valence-electron chi connectivity index (χ2n) is 10.3. The van der Waals surface area contributed by atoms with Crippen molar-refractivity contribution in [2.75, 3.05) is 0 Å². The van der Waals surface area contributed by atoms with Gasteiger partial charge in [-0.1, -0.05) is 0 Å². The molecule has 1 heterocycles. The fraction of sp³-hybridized carbons (Fsp3) is 0.125. The van der Waals surface area contributed by atoms with Crippen molar-refractivity contribution >= 4 is 39.8 Å². The second-order valence-corrected chi connectivity index (χ2v) is 23.1. The predicted molar refractivity (Wildman–Crippen MR) is 149 cm³/mol. The van der Waals surface area contributed by atoms with E-state index in [0.29, 0.717) is 11.8 Å². The Morgan fingerprint density at radius 2 is 1.46 bits per heavy atom. The van der Waals surface area contributed by atoms with Gasteiger partial charge in [0.25, 0.3) is 0 Å². The summed E-state index contributed by atoms with van der Waals surface area (Å²) in [4.78, 5) is 2.75. The summed E-state index contributed by atoms with van der Waals surface area (Å²) in [6.45, 7) is 0. The van der Waals surface area contributed by atoms with Crippen LogP contribution in [-0.2, 0) is 20.3 Å². The molecule has 3 heteroatoms. The van der Waals surface area contributed by atoms with Gasteiger partial charge in [0.05, 0.1) is 0 Å². The van der Waals surface area contributed by atoms with Crippen molar-refractivity contribution in [1.29, 1.82) is 0 Å². The Morgan fingerprint density at radius 3 is 2.31 bits per heavy atom. The third kappa shape index (κ3) is 3.42. The van der Waals surface area contributed by atoms with Crippen molar-refractivity contribution in [3.05, 3.63) is 135 Å². The van der Waals surface area contributed by atoms with Crippen LogP contribution in [0.25, 0.3) is 12.2 Å². The van der Waals surface area contributed by atoms with Gasteiger partial charge in [0.15, 0.2) is 0 Å². The SMILES string of the molecule is [CH3][Zr]([CH3])([C]1=Cc2c3cccc2C1c1cccc(c1)S3)[C]1=Cc2cccc(Br)c2C1c1ccccc1. The first-order valence-corrected chi connectivity index (χ1v) is 21.2. The molecule has 2 unspecified atom stereocenters. The van der Waals surface area contributed by atoms with E-state index in [4.69, 9.17) is 0 Å². The molecule has 35 heavy (non-hydrogen) atoms. The molecule has 0 saturated heterocycles. The Labute approximate surface area is 224 Å². The zero-order chi connectivity index (χ0) is 23.7. The number of benzene rings is 4. The van der Waals surface area contributed by atoms with Crippen molar-refractivity contribution in [3.63, 3.8) is 0 Å². The quantitative estimate of drug-likeness (QED) is 0.222. The predicted octanol–water partition coefficient (Wildman–Crippen LogP) is 9.84. The van der Waals surface area contributed by atoms with E-state index < -0.39 is 20.3 Å². The number of hydrogen-bond acceptors (Lipinski definition) is 1. The zero-order valence-electron chi connectivity index (χ0n) is 19.8. The molecule has 4 aromatic carbocycles. The Kier molecular flexibility index (Phi) is 5.29. The maximum absolute atomic E-state index is 3.92. The van der Waals surface area contributed by atoms with Gasteiger partial charge >= 0.3 is 226 Å². The summed E-state index contributed by atoms with van der Waals surface area (Å²) in [6.07, 6.45) is 5.16. The molecule has 4 aromatic rings. The van der Waals surface area contributed by atoms with Crippen molar-refractivity contribution in [2.24, 2.45) is 0 Å². The topological polar surface area (TPSA) is 0 Å². The number of halogens is 1. The van der Waals surface area contributed by atoms with Crippen LogP contribution in [0.5, 0.6) is 0 Å². The Bertz CT molecular complexity index is 1560. The number of hydrogen-bond donors (Lipinski definition) is 0. The molecule has 1 aliphatic heterocycles. The van der Waals surface area contributed by atoms with Crippen molar-refractivity contribution in [1.82, 2.24) is 0 Å². The van der Waals surface area contributed by atoms with E-state index in [1.165, 1.54) is 47.6 Å². The number of fused-ring (bicyclic) bond motifs is 4. The van der Waals surface area contributed by atoms with Crippen molar-refractivity contribution in [3.8, 4) is 0 Å². The van der Waals surface area contributed by atoms with Crippen molar-refractivity contribution < 1.29 is 20.3 Å². The number of rotatable bonds is 3. The monoisotopic (exact) mass is 610 g/mol. The third-order valence-corrected chi connectivity index (χ3v) is 19.0. The maximum atomic E-state index is 3.92. The number of allylic oxidation sites excluding steroid dienone is 2. The first-order valence-electron chi connectivity index (χ1n) is 12.2. The molecule has 7 rings (SSSR count). The first-order chi connectivity index (χ1) is 17.0. The van der Waals surface area contributed by atoms with Gasteiger partial charge in [-0.25, -0.2) is 0 Å². The van der Waals surface area contributed by atoms with Crippen LogP contribution in [0.3, 0.4) is 0 Å². The summed E-state index contributed by atoms with van der Waals surface area (Å²) in [6, 6.07) is 34.0. The van der Waals surface area contributed by atoms with E-state index in [2.05, 4.69) is 128 Å². The van der Waals surface area contributed by atoms with Crippen molar-refractivity contribution in [2.45, 2.75) is 30.9 Å². The standard InChI is InChI=1S/C15H10Br.C15H9S.2CH3.Zr/c16-14-8-4-7-12-9-10-13(15(12)14)11-5-2-1-3-6-11;1-3-10-9-11(4-1)16-15-6-2-5-13-12(10)7-8-14(13)15;;;/h1-9,13H;1-6,8-9,12H;2*1H3;. The van der Waals surface area contributed by atoms with Crippen LogP contribution in [0.15, 0.2) is 112 Å².